The van der Waals surface area contributed by atoms with E-state index in [9.17, 15) is 17.6 Å². The van der Waals surface area contributed by atoms with E-state index in [0.29, 0.717) is 28.8 Å². The van der Waals surface area contributed by atoms with Gasteiger partial charge in [-0.15, -0.1) is 0 Å². The van der Waals surface area contributed by atoms with Gasteiger partial charge in [0.2, 0.25) is 10.0 Å². The van der Waals surface area contributed by atoms with E-state index in [2.05, 4.69) is 21.2 Å². The minimum absolute atomic E-state index is 0.135. The minimum Gasteiger partial charge on any atom is -0.322 e. The van der Waals surface area contributed by atoms with E-state index < -0.39 is 21.7 Å². The van der Waals surface area contributed by atoms with Gasteiger partial charge >= 0.3 is 0 Å². The summed E-state index contributed by atoms with van der Waals surface area (Å²) in [6, 6.07) is 8.58. The first-order valence-corrected chi connectivity index (χ1v) is 10.9. The van der Waals surface area contributed by atoms with Gasteiger partial charge < -0.3 is 5.32 Å². The van der Waals surface area contributed by atoms with Crippen molar-refractivity contribution < 1.29 is 17.6 Å². The summed E-state index contributed by atoms with van der Waals surface area (Å²) in [6.45, 7) is 2.74. The Labute approximate surface area is 166 Å². The molecular formula is C19H20BrFN2O3S. The van der Waals surface area contributed by atoms with Gasteiger partial charge in [-0.3, -0.25) is 4.79 Å². The molecule has 0 saturated carbocycles. The molecule has 2 aromatic rings. The van der Waals surface area contributed by atoms with Gasteiger partial charge in [-0.25, -0.2) is 12.8 Å². The first-order chi connectivity index (χ1) is 12.8. The van der Waals surface area contributed by atoms with Crippen molar-refractivity contribution in [2.45, 2.75) is 31.1 Å². The van der Waals surface area contributed by atoms with Crippen molar-refractivity contribution in [3.8, 4) is 0 Å². The van der Waals surface area contributed by atoms with E-state index in [0.717, 1.165) is 25.3 Å². The molecule has 1 fully saturated rings. The molecule has 1 N–H and O–H groups in total. The maximum absolute atomic E-state index is 13.4. The van der Waals surface area contributed by atoms with Crippen LogP contribution in [-0.2, 0) is 10.0 Å². The summed E-state index contributed by atoms with van der Waals surface area (Å²) < 4.78 is 41.3. The number of hydrogen-bond acceptors (Lipinski definition) is 3. The van der Waals surface area contributed by atoms with Crippen LogP contribution in [0.25, 0.3) is 0 Å². The molecule has 1 saturated heterocycles. The fraction of sp³-hybridized carbons (Fsp3) is 0.316. The van der Waals surface area contributed by atoms with Crippen LogP contribution in [0, 0.1) is 12.7 Å². The van der Waals surface area contributed by atoms with Gasteiger partial charge in [-0.2, -0.15) is 4.31 Å². The van der Waals surface area contributed by atoms with Gasteiger partial charge in [-0.05, 0) is 71.6 Å². The van der Waals surface area contributed by atoms with Gasteiger partial charge in [0, 0.05) is 23.2 Å². The Hall–Kier alpha value is -1.77. The molecule has 0 atom stereocenters. The third kappa shape index (κ3) is 4.39. The van der Waals surface area contributed by atoms with E-state index in [1.54, 1.807) is 19.1 Å². The van der Waals surface area contributed by atoms with Crippen LogP contribution in [0.5, 0.6) is 0 Å². The van der Waals surface area contributed by atoms with Crippen molar-refractivity contribution in [3.05, 3.63) is 57.8 Å². The van der Waals surface area contributed by atoms with Crippen LogP contribution in [0.3, 0.4) is 0 Å². The van der Waals surface area contributed by atoms with Crippen LogP contribution in [0.1, 0.15) is 35.2 Å². The summed E-state index contributed by atoms with van der Waals surface area (Å²) >= 11 is 3.22. The standard InChI is InChI=1S/C19H20BrFN2O3S/c1-13-5-7-15(22-19(24)16-11-14(21)6-8-17(16)20)12-18(13)27(25,26)23-9-3-2-4-10-23/h5-8,11-12H,2-4,9-10H2,1H3,(H,22,24). The molecule has 0 aromatic heterocycles. The zero-order valence-electron chi connectivity index (χ0n) is 14.8. The maximum Gasteiger partial charge on any atom is 0.256 e. The lowest BCUT2D eigenvalue weighted by molar-refractivity contribution is 0.102. The number of benzene rings is 2. The number of anilines is 1. The molecule has 0 radical (unpaired) electrons. The van der Waals surface area contributed by atoms with Crippen LogP contribution < -0.4 is 5.32 Å². The predicted molar refractivity (Wildman–Crippen MR) is 106 cm³/mol. The SMILES string of the molecule is Cc1ccc(NC(=O)c2cc(F)ccc2Br)cc1S(=O)(=O)N1CCCCC1. The lowest BCUT2D eigenvalue weighted by Gasteiger charge is -2.26. The number of carbonyl (C=O) groups is 1. The van der Waals surface area contributed by atoms with Crippen molar-refractivity contribution in [1.29, 1.82) is 0 Å². The molecule has 8 heteroatoms. The zero-order chi connectivity index (χ0) is 19.6. The average Bonchev–Trinajstić information content (AvgIpc) is 2.65. The van der Waals surface area contributed by atoms with Gasteiger partial charge in [-0.1, -0.05) is 12.5 Å². The van der Waals surface area contributed by atoms with Gasteiger partial charge in [0.1, 0.15) is 5.82 Å². The van der Waals surface area contributed by atoms with Crippen LogP contribution in [0.15, 0.2) is 45.8 Å². The number of nitrogens with zero attached hydrogens (tertiary/aromatic N) is 1. The van der Waals surface area contributed by atoms with Crippen LogP contribution in [0.2, 0.25) is 0 Å². The highest BCUT2D eigenvalue weighted by Crippen LogP contribution is 2.27. The highest BCUT2D eigenvalue weighted by atomic mass is 79.9. The third-order valence-corrected chi connectivity index (χ3v) is 7.28. The highest BCUT2D eigenvalue weighted by molar-refractivity contribution is 9.10. The minimum atomic E-state index is -3.62. The summed E-state index contributed by atoms with van der Waals surface area (Å²) in [5.41, 5.74) is 1.10. The summed E-state index contributed by atoms with van der Waals surface area (Å²) in [5.74, 6) is -1.05. The van der Waals surface area contributed by atoms with Gasteiger partial charge in [0.05, 0.1) is 10.5 Å². The average molecular weight is 455 g/mol. The van der Waals surface area contributed by atoms with E-state index in [-0.39, 0.29) is 10.5 Å². The number of nitrogens with one attached hydrogen (secondary N) is 1. The number of amides is 1. The molecule has 0 unspecified atom stereocenters. The molecule has 0 spiro atoms. The van der Waals surface area contributed by atoms with E-state index in [4.69, 9.17) is 0 Å². The quantitative estimate of drug-likeness (QED) is 0.747. The largest absolute Gasteiger partial charge is 0.322 e. The second kappa shape index (κ2) is 8.08. The topological polar surface area (TPSA) is 66.5 Å². The normalized spacial score (nSPS) is 15.5. The Morgan fingerprint density at radius 2 is 1.81 bits per heavy atom. The third-order valence-electron chi connectivity index (χ3n) is 4.55. The Morgan fingerprint density at radius 3 is 2.52 bits per heavy atom. The zero-order valence-corrected chi connectivity index (χ0v) is 17.2. The van der Waals surface area contributed by atoms with E-state index in [1.807, 2.05) is 0 Å². The van der Waals surface area contributed by atoms with Crippen LogP contribution in [0.4, 0.5) is 10.1 Å². The Morgan fingerprint density at radius 1 is 1.11 bits per heavy atom. The number of aryl methyl sites for hydroxylation is 1. The first kappa shape index (κ1) is 20.0. The summed E-state index contributed by atoms with van der Waals surface area (Å²) in [6.07, 6.45) is 2.73. The van der Waals surface area contributed by atoms with E-state index in [1.165, 1.54) is 22.5 Å². The highest BCUT2D eigenvalue weighted by Gasteiger charge is 2.27. The number of halogens is 2. The van der Waals surface area contributed by atoms with Crippen LogP contribution >= 0.6 is 15.9 Å². The van der Waals surface area contributed by atoms with Gasteiger partial charge in [0.25, 0.3) is 5.91 Å². The fourth-order valence-corrected chi connectivity index (χ4v) is 5.26. The molecule has 1 aliphatic rings. The molecule has 0 aliphatic carbocycles. The summed E-state index contributed by atoms with van der Waals surface area (Å²) in [5, 5.41) is 2.65. The molecule has 5 nitrogen and oxygen atoms in total. The number of piperidine rings is 1. The predicted octanol–water partition coefficient (Wildman–Crippen LogP) is 4.32. The molecule has 0 bridgehead atoms. The summed E-state index contributed by atoms with van der Waals surface area (Å²) in [7, 11) is -3.62. The number of rotatable bonds is 4. The molecule has 1 heterocycles. The number of hydrogen-bond donors (Lipinski definition) is 1. The second-order valence-corrected chi connectivity index (χ2v) is 9.28. The van der Waals surface area contributed by atoms with Crippen molar-refractivity contribution in [2.75, 3.05) is 18.4 Å². The van der Waals surface area contributed by atoms with Crippen molar-refractivity contribution >= 4 is 37.5 Å². The Bertz CT molecular complexity index is 973. The molecule has 1 amide bonds. The van der Waals surface area contributed by atoms with Crippen molar-refractivity contribution in [3.63, 3.8) is 0 Å². The molecule has 1 aliphatic heterocycles. The maximum atomic E-state index is 13.4. The molecule has 3 rings (SSSR count). The van der Waals surface area contributed by atoms with E-state index >= 15 is 0 Å². The number of sulfonamides is 1. The molecular weight excluding hydrogens is 435 g/mol. The Kier molecular flexibility index (Phi) is 5.98. The molecule has 144 valence electrons. The van der Waals surface area contributed by atoms with Crippen LogP contribution in [-0.4, -0.2) is 31.7 Å². The Balaban J connectivity index is 1.89. The molecule has 2 aromatic carbocycles. The van der Waals surface area contributed by atoms with Gasteiger partial charge in [0.15, 0.2) is 0 Å². The first-order valence-electron chi connectivity index (χ1n) is 8.66. The fourth-order valence-electron chi connectivity index (χ4n) is 3.07. The lowest BCUT2D eigenvalue weighted by Crippen LogP contribution is -2.36. The van der Waals surface area contributed by atoms with Crippen molar-refractivity contribution in [2.24, 2.45) is 0 Å². The molecule has 27 heavy (non-hydrogen) atoms. The number of carbonyl (C=O) groups excluding carboxylic acids is 1. The smallest absolute Gasteiger partial charge is 0.256 e. The second-order valence-electron chi connectivity index (χ2n) is 6.52. The lowest BCUT2D eigenvalue weighted by atomic mass is 10.2. The monoisotopic (exact) mass is 454 g/mol. The summed E-state index contributed by atoms with van der Waals surface area (Å²) in [4.78, 5) is 12.6. The van der Waals surface area contributed by atoms with Crippen molar-refractivity contribution in [1.82, 2.24) is 4.31 Å².